The van der Waals surface area contributed by atoms with Crippen molar-refractivity contribution in [3.8, 4) is 0 Å². The van der Waals surface area contributed by atoms with E-state index in [0.717, 1.165) is 161 Å². The number of phosphoric acid groups is 2. The molecule has 582 valence electrons. The lowest BCUT2D eigenvalue weighted by molar-refractivity contribution is -0.161. The molecule has 5 unspecified atom stereocenters. The minimum atomic E-state index is -4.93. The Bertz CT molecular complexity index is 2320. The summed E-state index contributed by atoms with van der Waals surface area (Å²) in [5, 5.41) is 20.6. The predicted molar refractivity (Wildman–Crippen MR) is 417 cm³/mol. The molecule has 101 heavy (non-hydrogen) atoms. The van der Waals surface area contributed by atoms with Gasteiger partial charge in [0.25, 0.3) is 0 Å². The van der Waals surface area contributed by atoms with Crippen molar-refractivity contribution in [1.29, 1.82) is 0 Å². The molecule has 16 nitrogen and oxygen atoms in total. The highest BCUT2D eigenvalue weighted by Crippen LogP contribution is 2.45. The van der Waals surface area contributed by atoms with E-state index >= 15 is 0 Å². The van der Waals surface area contributed by atoms with Crippen molar-refractivity contribution in [1.82, 2.24) is 0 Å². The Labute approximate surface area is 614 Å². The van der Waals surface area contributed by atoms with Crippen LogP contribution in [0.2, 0.25) is 0 Å². The number of aliphatic hydroxyl groups is 2. The molecule has 18 heteroatoms. The van der Waals surface area contributed by atoms with Gasteiger partial charge < -0.3 is 34.2 Å². The van der Waals surface area contributed by atoms with Gasteiger partial charge in [-0.1, -0.05) is 296 Å². The summed E-state index contributed by atoms with van der Waals surface area (Å²) in [5.74, 6) is -1.59. The Balaban J connectivity index is 4.50. The van der Waals surface area contributed by atoms with E-state index in [1.54, 1.807) is 0 Å². The first-order valence-corrected chi connectivity index (χ1v) is 42.8. The van der Waals surface area contributed by atoms with Crippen LogP contribution in [0.3, 0.4) is 0 Å². The molecule has 0 bridgehead atoms. The number of aliphatic hydroxyl groups excluding tert-OH is 2. The van der Waals surface area contributed by atoms with Crippen LogP contribution in [0.25, 0.3) is 0 Å². The van der Waals surface area contributed by atoms with Gasteiger partial charge in [0.05, 0.1) is 26.4 Å². The Kier molecular flexibility index (Phi) is 72.6. The molecular formula is C83H144O16P2. The summed E-state index contributed by atoms with van der Waals surface area (Å²) < 4.78 is 61.1. The van der Waals surface area contributed by atoms with E-state index in [9.17, 15) is 43.5 Å². The first kappa shape index (κ1) is 97.0. The van der Waals surface area contributed by atoms with Crippen LogP contribution < -0.4 is 0 Å². The standard InChI is InChI=1S/C83H144O16P2/c1-4-7-10-13-16-19-22-25-28-30-32-33-34-35-36-37-38-39-40-41-42-43-45-47-49-51-54-57-60-63-66-69-81(86)93-72-78(84)73-95-100(89,90)96-74-79(85)75-97-101(91,92)98-77-80(99-83(88)71-68-65-62-59-56-53-48-27-24-21-18-15-12-9-6-3)76-94-82(87)70-67-64-61-58-55-52-50-46-44-31-29-26-23-20-17-14-11-8-5-2/h7,10,16-17,19-20,25-29,32-33,35-36,38-39,44,46,48,78-80,84-85H,4-6,8-9,11-15,18,21-24,30-31,34,37,40-43,45,47,49-77H2,1-3H3,(H,89,90)(H,91,92)/b10-7-,19-16-,20-17-,28-25-,29-26-,33-32-,36-35-,39-38-,46-44-,48-27-. The quantitative estimate of drug-likeness (QED) is 0.0146. The molecule has 0 saturated heterocycles. The number of hydrogen-bond acceptors (Lipinski definition) is 14. The third-order valence-corrected chi connectivity index (χ3v) is 18.5. The molecule has 5 atom stereocenters. The van der Waals surface area contributed by atoms with Gasteiger partial charge in [0.1, 0.15) is 25.4 Å². The van der Waals surface area contributed by atoms with E-state index in [1.807, 2.05) is 0 Å². The van der Waals surface area contributed by atoms with Gasteiger partial charge in [0.15, 0.2) is 6.10 Å². The number of hydrogen-bond donors (Lipinski definition) is 4. The summed E-state index contributed by atoms with van der Waals surface area (Å²) in [4.78, 5) is 58.6. The number of ether oxygens (including phenoxy) is 3. The molecule has 0 rings (SSSR count). The lowest BCUT2D eigenvalue weighted by Crippen LogP contribution is -2.30. The van der Waals surface area contributed by atoms with Crippen molar-refractivity contribution < 1.29 is 75.8 Å². The molecule has 0 spiro atoms. The summed E-state index contributed by atoms with van der Waals surface area (Å²) in [6.45, 7) is 2.53. The van der Waals surface area contributed by atoms with Crippen molar-refractivity contribution in [3.05, 3.63) is 122 Å². The average molecular weight is 1460 g/mol. The summed E-state index contributed by atoms with van der Waals surface area (Å²) in [6.07, 6.45) is 89.6. The molecule has 0 saturated carbocycles. The maximum Gasteiger partial charge on any atom is 0.472 e. The smallest absolute Gasteiger partial charge is 0.463 e. The third-order valence-electron chi connectivity index (χ3n) is 16.6. The van der Waals surface area contributed by atoms with E-state index in [-0.39, 0.29) is 19.3 Å². The Morgan fingerprint density at radius 1 is 0.287 bits per heavy atom. The van der Waals surface area contributed by atoms with E-state index in [4.69, 9.17) is 32.3 Å². The maximum absolute atomic E-state index is 13.0. The van der Waals surface area contributed by atoms with Crippen LogP contribution in [0.5, 0.6) is 0 Å². The highest BCUT2D eigenvalue weighted by atomic mass is 31.2. The van der Waals surface area contributed by atoms with Gasteiger partial charge in [-0.05, 0) is 135 Å². The minimum absolute atomic E-state index is 0.0914. The van der Waals surface area contributed by atoms with Crippen molar-refractivity contribution >= 4 is 33.6 Å². The largest absolute Gasteiger partial charge is 0.472 e. The lowest BCUT2D eigenvalue weighted by Gasteiger charge is -2.21. The number of phosphoric ester groups is 2. The van der Waals surface area contributed by atoms with Gasteiger partial charge >= 0.3 is 33.6 Å². The first-order chi connectivity index (χ1) is 49.2. The van der Waals surface area contributed by atoms with E-state index < -0.39 is 91.5 Å². The molecule has 0 aliphatic rings. The van der Waals surface area contributed by atoms with Gasteiger partial charge in [-0.3, -0.25) is 32.5 Å². The zero-order chi connectivity index (χ0) is 73.7. The van der Waals surface area contributed by atoms with E-state index in [2.05, 4.69) is 142 Å². The van der Waals surface area contributed by atoms with Gasteiger partial charge in [-0.15, -0.1) is 0 Å². The average Bonchev–Trinajstić information content (AvgIpc) is 0.980. The summed E-state index contributed by atoms with van der Waals surface area (Å²) in [7, 11) is -9.79. The fourth-order valence-electron chi connectivity index (χ4n) is 10.6. The van der Waals surface area contributed by atoms with E-state index in [0.29, 0.717) is 19.3 Å². The second kappa shape index (κ2) is 75.6. The molecule has 0 amide bonds. The van der Waals surface area contributed by atoms with Crippen molar-refractivity contribution in [3.63, 3.8) is 0 Å². The predicted octanol–water partition coefficient (Wildman–Crippen LogP) is 23.3. The SMILES string of the molecule is CC/C=C\C/C=C\C/C=C\C/C=C\C/C=C\C/C=C\CCCCCCCCCCCCCCC(=O)OCC(O)COP(=O)(O)OCC(O)COP(=O)(O)OCC(COC(=O)CCCCCCCC/C=C\C/C=C\C/C=C\CCCCC)OC(=O)CCCCCCC/C=C\CCCCCCCC. The van der Waals surface area contributed by atoms with Crippen molar-refractivity contribution in [2.24, 2.45) is 0 Å². The zero-order valence-electron chi connectivity index (χ0n) is 63.5. The Morgan fingerprint density at radius 2 is 0.525 bits per heavy atom. The van der Waals surface area contributed by atoms with Crippen LogP contribution in [-0.2, 0) is 55.8 Å². The van der Waals surface area contributed by atoms with Crippen LogP contribution in [0, 0.1) is 0 Å². The first-order valence-electron chi connectivity index (χ1n) is 39.8. The summed E-state index contributed by atoms with van der Waals surface area (Å²) in [6, 6.07) is 0. The Morgan fingerprint density at radius 3 is 0.861 bits per heavy atom. The molecule has 0 fully saturated rings. The van der Waals surface area contributed by atoms with Crippen LogP contribution in [0.15, 0.2) is 122 Å². The van der Waals surface area contributed by atoms with Gasteiger partial charge in [-0.2, -0.15) is 0 Å². The second-order valence-corrected chi connectivity index (χ2v) is 29.4. The molecule has 0 aliphatic heterocycles. The van der Waals surface area contributed by atoms with Crippen LogP contribution in [0.4, 0.5) is 0 Å². The molecule has 4 N–H and O–H groups in total. The van der Waals surface area contributed by atoms with Gasteiger partial charge in [0, 0.05) is 19.3 Å². The molecule has 0 aromatic heterocycles. The highest BCUT2D eigenvalue weighted by Gasteiger charge is 2.29. The lowest BCUT2D eigenvalue weighted by atomic mass is 10.0. The molecule has 0 heterocycles. The molecule has 0 radical (unpaired) electrons. The molecule has 0 aromatic rings. The second-order valence-electron chi connectivity index (χ2n) is 26.5. The monoisotopic (exact) mass is 1460 g/mol. The molecule has 0 aromatic carbocycles. The van der Waals surface area contributed by atoms with Crippen molar-refractivity contribution in [2.45, 2.75) is 347 Å². The molecule has 0 aliphatic carbocycles. The van der Waals surface area contributed by atoms with Gasteiger partial charge in [0.2, 0.25) is 0 Å². The minimum Gasteiger partial charge on any atom is -0.463 e. The number of esters is 3. The van der Waals surface area contributed by atoms with Crippen molar-refractivity contribution in [2.75, 3.05) is 39.6 Å². The van der Waals surface area contributed by atoms with Crippen LogP contribution in [-0.4, -0.2) is 95.9 Å². The maximum atomic E-state index is 13.0. The topological polar surface area (TPSA) is 231 Å². The van der Waals surface area contributed by atoms with Crippen LogP contribution >= 0.6 is 15.6 Å². The third kappa shape index (κ3) is 76.9. The number of allylic oxidation sites excluding steroid dienone is 20. The summed E-state index contributed by atoms with van der Waals surface area (Å²) in [5.41, 5.74) is 0. The number of carbonyl (C=O) groups excluding carboxylic acids is 3. The normalized spacial score (nSPS) is 14.6. The number of carbonyl (C=O) groups is 3. The number of unbranched alkanes of at least 4 members (excludes halogenated alkanes) is 32. The number of rotatable bonds is 75. The van der Waals surface area contributed by atoms with Gasteiger partial charge in [-0.25, -0.2) is 9.13 Å². The fourth-order valence-corrected chi connectivity index (χ4v) is 12.2. The zero-order valence-corrected chi connectivity index (χ0v) is 65.3. The fraction of sp³-hybridized carbons (Fsp3) is 0.723. The van der Waals surface area contributed by atoms with Crippen LogP contribution in [0.1, 0.15) is 329 Å². The highest BCUT2D eigenvalue weighted by molar-refractivity contribution is 7.47. The summed E-state index contributed by atoms with van der Waals surface area (Å²) >= 11 is 0. The van der Waals surface area contributed by atoms with E-state index in [1.165, 1.54) is 109 Å². The Hall–Kier alpha value is -4.05. The molecular weight excluding hydrogens is 1310 g/mol.